The maximum Gasteiger partial charge on any atom is 0.269 e. The van der Waals surface area contributed by atoms with E-state index in [1.54, 1.807) is 23.0 Å². The zero-order valence-corrected chi connectivity index (χ0v) is 13.8. The number of nitro groups is 1. The van der Waals surface area contributed by atoms with Crippen molar-refractivity contribution in [1.82, 2.24) is 9.78 Å². The van der Waals surface area contributed by atoms with Gasteiger partial charge in [-0.3, -0.25) is 10.1 Å². The Morgan fingerprint density at radius 3 is 2.62 bits per heavy atom. The van der Waals surface area contributed by atoms with Gasteiger partial charge in [0, 0.05) is 28.2 Å². The van der Waals surface area contributed by atoms with E-state index in [0.717, 1.165) is 21.1 Å². The number of aromatic nitrogens is 2. The summed E-state index contributed by atoms with van der Waals surface area (Å²) in [5, 5.41) is 16.2. The minimum atomic E-state index is -0.426. The van der Waals surface area contributed by atoms with E-state index in [4.69, 9.17) is 4.42 Å². The smallest absolute Gasteiger partial charge is 0.269 e. The number of hydrogen-bond donors (Lipinski definition) is 0. The highest BCUT2D eigenvalue weighted by Crippen LogP contribution is 2.29. The zero-order chi connectivity index (χ0) is 16.7. The predicted molar refractivity (Wildman–Crippen MR) is 93.1 cm³/mol. The molecular weight excluding hydrogens is 374 g/mol. The van der Waals surface area contributed by atoms with Crippen molar-refractivity contribution in [3.63, 3.8) is 0 Å². The second-order valence-corrected chi connectivity index (χ2v) is 6.13. The SMILES string of the molecule is O=[N+]([O-])c1ccc(-n2ccc(-c3cc4cc(Br)ccc4o3)n2)cc1. The summed E-state index contributed by atoms with van der Waals surface area (Å²) in [5.74, 6) is 0.670. The monoisotopic (exact) mass is 383 g/mol. The molecule has 2 heterocycles. The lowest BCUT2D eigenvalue weighted by atomic mass is 10.2. The molecule has 0 saturated heterocycles. The van der Waals surface area contributed by atoms with Crippen molar-refractivity contribution in [3.8, 4) is 17.1 Å². The van der Waals surface area contributed by atoms with Gasteiger partial charge in [0.25, 0.3) is 5.69 Å². The lowest BCUT2D eigenvalue weighted by Gasteiger charge is -2.00. The van der Waals surface area contributed by atoms with Crippen molar-refractivity contribution in [1.29, 1.82) is 0 Å². The summed E-state index contributed by atoms with van der Waals surface area (Å²) in [6.07, 6.45) is 1.79. The summed E-state index contributed by atoms with van der Waals surface area (Å²) in [5.41, 5.74) is 2.28. The van der Waals surface area contributed by atoms with E-state index in [2.05, 4.69) is 21.0 Å². The van der Waals surface area contributed by atoms with Crippen molar-refractivity contribution in [3.05, 3.63) is 75.4 Å². The summed E-state index contributed by atoms with van der Waals surface area (Å²) < 4.78 is 8.46. The molecule has 6 nitrogen and oxygen atoms in total. The molecule has 0 aliphatic carbocycles. The van der Waals surface area contributed by atoms with Crippen LogP contribution in [0.25, 0.3) is 28.1 Å². The highest BCUT2D eigenvalue weighted by molar-refractivity contribution is 9.10. The van der Waals surface area contributed by atoms with Gasteiger partial charge < -0.3 is 4.42 Å². The number of benzene rings is 2. The molecule has 4 aromatic rings. The van der Waals surface area contributed by atoms with Gasteiger partial charge in [-0.15, -0.1) is 0 Å². The van der Waals surface area contributed by atoms with Gasteiger partial charge in [0.15, 0.2) is 5.76 Å². The van der Waals surface area contributed by atoms with Crippen LogP contribution in [0.15, 0.2) is 69.7 Å². The molecule has 0 amide bonds. The second kappa shape index (κ2) is 5.61. The Balaban J connectivity index is 1.69. The summed E-state index contributed by atoms with van der Waals surface area (Å²) in [7, 11) is 0. The van der Waals surface area contributed by atoms with E-state index in [1.165, 1.54) is 12.1 Å². The molecular formula is C17H10BrN3O3. The van der Waals surface area contributed by atoms with E-state index in [0.29, 0.717) is 11.5 Å². The molecule has 2 aromatic carbocycles. The first-order valence-corrected chi connectivity index (χ1v) is 7.89. The average molecular weight is 384 g/mol. The number of nitro benzene ring substituents is 1. The van der Waals surface area contributed by atoms with Gasteiger partial charge in [0.05, 0.1) is 10.6 Å². The van der Waals surface area contributed by atoms with Crippen LogP contribution in [0.2, 0.25) is 0 Å². The molecule has 24 heavy (non-hydrogen) atoms. The standard InChI is InChI=1S/C17H10BrN3O3/c18-12-1-6-16-11(9-12)10-17(24-16)15-7-8-20(19-15)13-2-4-14(5-3-13)21(22)23/h1-10H. The van der Waals surface area contributed by atoms with Crippen molar-refractivity contribution < 1.29 is 9.34 Å². The van der Waals surface area contributed by atoms with Gasteiger partial charge in [-0.25, -0.2) is 4.68 Å². The molecule has 7 heteroatoms. The first kappa shape index (κ1) is 14.6. The van der Waals surface area contributed by atoms with Crippen molar-refractivity contribution in [2.45, 2.75) is 0 Å². The van der Waals surface area contributed by atoms with E-state index in [9.17, 15) is 10.1 Å². The van der Waals surface area contributed by atoms with Gasteiger partial charge >= 0.3 is 0 Å². The van der Waals surface area contributed by atoms with Crippen molar-refractivity contribution in [2.24, 2.45) is 0 Å². The van der Waals surface area contributed by atoms with Crippen molar-refractivity contribution in [2.75, 3.05) is 0 Å². The molecule has 118 valence electrons. The fourth-order valence-corrected chi connectivity index (χ4v) is 2.85. The maximum atomic E-state index is 10.7. The molecule has 0 bridgehead atoms. The fourth-order valence-electron chi connectivity index (χ4n) is 2.47. The van der Waals surface area contributed by atoms with Crippen LogP contribution < -0.4 is 0 Å². The van der Waals surface area contributed by atoms with Gasteiger partial charge in [0.2, 0.25) is 0 Å². The molecule has 4 rings (SSSR count). The van der Waals surface area contributed by atoms with Crippen LogP contribution in [0.5, 0.6) is 0 Å². The minimum absolute atomic E-state index is 0.0500. The summed E-state index contributed by atoms with van der Waals surface area (Å²) in [4.78, 5) is 10.3. The van der Waals surface area contributed by atoms with Crippen LogP contribution in [-0.4, -0.2) is 14.7 Å². The highest BCUT2D eigenvalue weighted by atomic mass is 79.9. The summed E-state index contributed by atoms with van der Waals surface area (Å²) in [6, 6.07) is 15.8. The lowest BCUT2D eigenvalue weighted by molar-refractivity contribution is -0.384. The Bertz CT molecular complexity index is 1050. The normalized spacial score (nSPS) is 11.0. The first-order valence-electron chi connectivity index (χ1n) is 7.10. The number of halogens is 1. The van der Waals surface area contributed by atoms with Crippen LogP contribution in [0.1, 0.15) is 0 Å². The zero-order valence-electron chi connectivity index (χ0n) is 12.2. The van der Waals surface area contributed by atoms with Gasteiger partial charge in [0.1, 0.15) is 11.3 Å². The fraction of sp³-hybridized carbons (Fsp3) is 0. The van der Waals surface area contributed by atoms with Gasteiger partial charge in [-0.2, -0.15) is 5.10 Å². The predicted octanol–water partition coefficient (Wildman–Crippen LogP) is 4.96. The van der Waals surface area contributed by atoms with Crippen LogP contribution >= 0.6 is 15.9 Å². The van der Waals surface area contributed by atoms with E-state index in [1.807, 2.05) is 30.3 Å². The molecule has 0 N–H and O–H groups in total. The molecule has 0 aliphatic rings. The molecule has 0 spiro atoms. The molecule has 2 aromatic heterocycles. The summed E-state index contributed by atoms with van der Waals surface area (Å²) >= 11 is 3.44. The van der Waals surface area contributed by atoms with E-state index >= 15 is 0 Å². The number of nitrogens with zero attached hydrogens (tertiary/aromatic N) is 3. The Morgan fingerprint density at radius 1 is 1.08 bits per heavy atom. The average Bonchev–Trinajstić information content (AvgIpc) is 3.21. The molecule has 0 aliphatic heterocycles. The van der Waals surface area contributed by atoms with Gasteiger partial charge in [-0.1, -0.05) is 15.9 Å². The lowest BCUT2D eigenvalue weighted by Crippen LogP contribution is -1.95. The van der Waals surface area contributed by atoms with E-state index < -0.39 is 4.92 Å². The summed E-state index contributed by atoms with van der Waals surface area (Å²) in [6.45, 7) is 0. The number of furan rings is 1. The van der Waals surface area contributed by atoms with Crippen LogP contribution in [-0.2, 0) is 0 Å². The third-order valence-electron chi connectivity index (χ3n) is 3.64. The number of fused-ring (bicyclic) bond motifs is 1. The first-order chi connectivity index (χ1) is 11.6. The third-order valence-corrected chi connectivity index (χ3v) is 4.14. The van der Waals surface area contributed by atoms with Crippen LogP contribution in [0.4, 0.5) is 5.69 Å². The quantitative estimate of drug-likeness (QED) is 0.370. The number of hydrogen-bond acceptors (Lipinski definition) is 4. The molecule has 0 fully saturated rings. The highest BCUT2D eigenvalue weighted by Gasteiger charge is 2.11. The second-order valence-electron chi connectivity index (χ2n) is 5.21. The number of rotatable bonds is 3. The van der Waals surface area contributed by atoms with Crippen LogP contribution in [0.3, 0.4) is 0 Å². The largest absolute Gasteiger partial charge is 0.454 e. The maximum absolute atomic E-state index is 10.7. The molecule has 0 atom stereocenters. The number of non-ortho nitro benzene ring substituents is 1. The molecule has 0 radical (unpaired) electrons. The Labute approximate surface area is 144 Å². The topological polar surface area (TPSA) is 74.1 Å². The van der Waals surface area contributed by atoms with Crippen molar-refractivity contribution >= 4 is 32.6 Å². The minimum Gasteiger partial charge on any atom is -0.454 e. The third kappa shape index (κ3) is 2.59. The van der Waals surface area contributed by atoms with Gasteiger partial charge in [-0.05, 0) is 42.5 Å². The molecule has 0 saturated carbocycles. The Hall–Kier alpha value is -2.93. The van der Waals surface area contributed by atoms with E-state index in [-0.39, 0.29) is 5.69 Å². The Kier molecular flexibility index (Phi) is 3.42. The Morgan fingerprint density at radius 2 is 1.88 bits per heavy atom. The van der Waals surface area contributed by atoms with Crippen LogP contribution in [0, 0.1) is 10.1 Å². The molecule has 0 unspecified atom stereocenters.